The van der Waals surface area contributed by atoms with Crippen LogP contribution in [0.2, 0.25) is 0 Å². The average molecular weight is 388 g/mol. The van der Waals surface area contributed by atoms with Crippen LogP contribution in [0.5, 0.6) is 0 Å². The summed E-state index contributed by atoms with van der Waals surface area (Å²) in [4.78, 5) is 17.6. The average Bonchev–Trinajstić information content (AvgIpc) is 3.18. The number of aryl methyl sites for hydroxylation is 2. The summed E-state index contributed by atoms with van der Waals surface area (Å²) in [6.07, 6.45) is 0. The number of thioether (sulfide) groups is 1. The molecule has 1 aromatic carbocycles. The molecule has 0 unspecified atom stereocenters. The Labute approximate surface area is 161 Å². The van der Waals surface area contributed by atoms with E-state index < -0.39 is 0 Å². The van der Waals surface area contributed by atoms with E-state index in [1.165, 1.54) is 28.7 Å². The van der Waals surface area contributed by atoms with Gasteiger partial charge in [-0.3, -0.25) is 4.79 Å². The second-order valence-corrected chi connectivity index (χ2v) is 9.19. The highest BCUT2D eigenvalue weighted by Gasteiger charge is 2.17. The fraction of sp³-hybridized carbons (Fsp3) is 0.368. The number of carbonyl (C=O) groups is 1. The number of hydrogen-bond donors (Lipinski definition) is 0. The van der Waals surface area contributed by atoms with Crippen molar-refractivity contribution < 1.29 is 9.21 Å². The Hall–Kier alpha value is -1.99. The molecule has 0 saturated heterocycles. The maximum atomic E-state index is 12.4. The first kappa shape index (κ1) is 18.8. The highest BCUT2D eigenvalue weighted by atomic mass is 32.2. The molecule has 0 aliphatic carbocycles. The molecule has 0 bridgehead atoms. The molecule has 0 fully saturated rings. The summed E-state index contributed by atoms with van der Waals surface area (Å²) >= 11 is 2.78. The summed E-state index contributed by atoms with van der Waals surface area (Å²) in [6, 6.07) is 7.79. The first-order valence-electron chi connectivity index (χ1n) is 8.28. The minimum atomic E-state index is 0.0417. The van der Waals surface area contributed by atoms with Crippen LogP contribution in [0.15, 0.2) is 33.9 Å². The van der Waals surface area contributed by atoms with Crippen LogP contribution in [0.1, 0.15) is 47.4 Å². The van der Waals surface area contributed by atoms with Crippen molar-refractivity contribution in [3.8, 4) is 10.8 Å². The Morgan fingerprint density at radius 2 is 1.85 bits per heavy atom. The van der Waals surface area contributed by atoms with Crippen molar-refractivity contribution in [1.82, 2.24) is 15.2 Å². The molecule has 0 N–H and O–H groups in total. The largest absolute Gasteiger partial charge is 0.410 e. The summed E-state index contributed by atoms with van der Waals surface area (Å²) in [6.45, 7) is 10.3. The Kier molecular flexibility index (Phi) is 5.29. The minimum absolute atomic E-state index is 0.0417. The van der Waals surface area contributed by atoms with E-state index in [-0.39, 0.29) is 17.0 Å². The summed E-state index contributed by atoms with van der Waals surface area (Å²) < 4.78 is 5.67. The Morgan fingerprint density at radius 3 is 2.42 bits per heavy atom. The van der Waals surface area contributed by atoms with E-state index in [9.17, 15) is 4.79 Å². The number of Topliss-reactive ketones (excluding diaryl/α,β-unsaturated/α-hetero) is 1. The first-order chi connectivity index (χ1) is 12.2. The number of benzene rings is 1. The van der Waals surface area contributed by atoms with Crippen LogP contribution in [-0.2, 0) is 5.41 Å². The van der Waals surface area contributed by atoms with Gasteiger partial charge in [-0.15, -0.1) is 21.5 Å². The number of rotatable bonds is 5. The van der Waals surface area contributed by atoms with Gasteiger partial charge in [-0.25, -0.2) is 4.98 Å². The van der Waals surface area contributed by atoms with Crippen LogP contribution in [0, 0.1) is 13.8 Å². The van der Waals surface area contributed by atoms with E-state index in [4.69, 9.17) is 4.42 Å². The molecule has 0 atom stereocenters. The number of carbonyl (C=O) groups excluding carboxylic acids is 1. The van der Waals surface area contributed by atoms with Crippen LogP contribution in [0.3, 0.4) is 0 Å². The van der Waals surface area contributed by atoms with Crippen LogP contribution in [0.4, 0.5) is 0 Å². The summed E-state index contributed by atoms with van der Waals surface area (Å²) in [5.74, 6) is 0.759. The normalized spacial score (nSPS) is 11.7. The zero-order chi connectivity index (χ0) is 18.9. The maximum Gasteiger partial charge on any atom is 0.277 e. The summed E-state index contributed by atoms with van der Waals surface area (Å²) in [7, 11) is 0. The summed E-state index contributed by atoms with van der Waals surface area (Å²) in [5, 5.41) is 9.45. The standard InChI is InChI=1S/C19H21N3O2S2/c1-11-16(26-12(2)20-11)17-21-22-18(24-17)25-10-15(23)13-6-8-14(9-7-13)19(3,4)5/h6-9H,10H2,1-5H3. The van der Waals surface area contributed by atoms with E-state index in [0.29, 0.717) is 16.7 Å². The van der Waals surface area contributed by atoms with Crippen molar-refractivity contribution in [3.63, 3.8) is 0 Å². The number of nitrogens with zero attached hydrogens (tertiary/aromatic N) is 3. The number of thiazole rings is 1. The molecule has 136 valence electrons. The molecule has 26 heavy (non-hydrogen) atoms. The number of aromatic nitrogens is 3. The van der Waals surface area contributed by atoms with Gasteiger partial charge >= 0.3 is 0 Å². The van der Waals surface area contributed by atoms with Crippen molar-refractivity contribution in [3.05, 3.63) is 46.1 Å². The highest BCUT2D eigenvalue weighted by Crippen LogP contribution is 2.30. The lowest BCUT2D eigenvalue weighted by Gasteiger charge is -2.18. The third kappa shape index (κ3) is 4.22. The Balaban J connectivity index is 1.64. The van der Waals surface area contributed by atoms with Gasteiger partial charge in [-0.2, -0.15) is 0 Å². The smallest absolute Gasteiger partial charge is 0.277 e. The molecule has 0 aliphatic rings. The minimum Gasteiger partial charge on any atom is -0.410 e. The van der Waals surface area contributed by atoms with Gasteiger partial charge in [-0.1, -0.05) is 56.8 Å². The third-order valence-electron chi connectivity index (χ3n) is 3.90. The molecule has 0 radical (unpaired) electrons. The first-order valence-corrected chi connectivity index (χ1v) is 10.1. The van der Waals surface area contributed by atoms with Crippen molar-refractivity contribution in [1.29, 1.82) is 0 Å². The van der Waals surface area contributed by atoms with Crippen molar-refractivity contribution in [2.75, 3.05) is 5.75 Å². The topological polar surface area (TPSA) is 68.9 Å². The van der Waals surface area contributed by atoms with Gasteiger partial charge < -0.3 is 4.42 Å². The van der Waals surface area contributed by atoms with E-state index in [0.717, 1.165) is 15.6 Å². The molecule has 0 spiro atoms. The second kappa shape index (κ2) is 7.32. The molecule has 2 aromatic heterocycles. The SMILES string of the molecule is Cc1nc(C)c(-c2nnc(SCC(=O)c3ccc(C(C)(C)C)cc3)o2)s1. The van der Waals surface area contributed by atoms with Crippen LogP contribution in [-0.4, -0.2) is 26.7 Å². The van der Waals surface area contributed by atoms with E-state index >= 15 is 0 Å². The Morgan fingerprint density at radius 1 is 1.15 bits per heavy atom. The maximum absolute atomic E-state index is 12.4. The van der Waals surface area contributed by atoms with Gasteiger partial charge in [0, 0.05) is 5.56 Å². The van der Waals surface area contributed by atoms with E-state index in [1.807, 2.05) is 38.1 Å². The van der Waals surface area contributed by atoms with Crippen molar-refractivity contribution in [2.45, 2.75) is 45.3 Å². The lowest BCUT2D eigenvalue weighted by molar-refractivity contribution is 0.102. The molecule has 0 aliphatic heterocycles. The molecule has 3 rings (SSSR count). The van der Waals surface area contributed by atoms with Gasteiger partial charge in [0.1, 0.15) is 4.88 Å². The van der Waals surface area contributed by atoms with Gasteiger partial charge in [0.05, 0.1) is 16.5 Å². The fourth-order valence-electron chi connectivity index (χ4n) is 2.46. The molecule has 2 heterocycles. The second-order valence-electron chi connectivity index (χ2n) is 7.06. The quantitative estimate of drug-likeness (QED) is 0.449. The third-order valence-corrected chi connectivity index (χ3v) is 5.78. The van der Waals surface area contributed by atoms with Crippen LogP contribution < -0.4 is 0 Å². The molecular weight excluding hydrogens is 366 g/mol. The number of hydrogen-bond acceptors (Lipinski definition) is 7. The zero-order valence-electron chi connectivity index (χ0n) is 15.5. The predicted octanol–water partition coefficient (Wildman–Crippen LogP) is 5.08. The van der Waals surface area contributed by atoms with E-state index in [2.05, 4.69) is 36.0 Å². The predicted molar refractivity (Wildman–Crippen MR) is 105 cm³/mol. The van der Waals surface area contributed by atoms with Crippen LogP contribution in [0.25, 0.3) is 10.8 Å². The van der Waals surface area contributed by atoms with Gasteiger partial charge in [-0.05, 0) is 24.8 Å². The molecule has 3 aromatic rings. The molecule has 0 saturated carbocycles. The number of ketones is 1. The fourth-order valence-corrected chi connectivity index (χ4v) is 3.96. The van der Waals surface area contributed by atoms with Gasteiger partial charge in [0.15, 0.2) is 5.78 Å². The molecular formula is C19H21N3O2S2. The lowest BCUT2D eigenvalue weighted by atomic mass is 9.86. The van der Waals surface area contributed by atoms with Crippen molar-refractivity contribution >= 4 is 28.9 Å². The monoisotopic (exact) mass is 387 g/mol. The van der Waals surface area contributed by atoms with Crippen molar-refractivity contribution in [2.24, 2.45) is 0 Å². The Bertz CT molecular complexity index is 921. The zero-order valence-corrected chi connectivity index (χ0v) is 17.1. The highest BCUT2D eigenvalue weighted by molar-refractivity contribution is 7.99. The molecule has 5 nitrogen and oxygen atoms in total. The van der Waals surface area contributed by atoms with Gasteiger partial charge in [0.25, 0.3) is 11.1 Å². The molecule has 0 amide bonds. The van der Waals surface area contributed by atoms with Crippen LogP contribution >= 0.6 is 23.1 Å². The lowest BCUT2D eigenvalue weighted by Crippen LogP contribution is -2.11. The van der Waals surface area contributed by atoms with E-state index in [1.54, 1.807) is 0 Å². The summed E-state index contributed by atoms with van der Waals surface area (Å²) in [5.41, 5.74) is 2.85. The van der Waals surface area contributed by atoms with Gasteiger partial charge in [0.2, 0.25) is 0 Å². The molecule has 7 heteroatoms.